The van der Waals surface area contributed by atoms with Gasteiger partial charge in [-0.25, -0.2) is 0 Å². The topological polar surface area (TPSA) is 64.3 Å². The summed E-state index contributed by atoms with van der Waals surface area (Å²) < 4.78 is 4.62. The van der Waals surface area contributed by atoms with Gasteiger partial charge in [-0.1, -0.05) is 6.92 Å². The molecule has 0 radical (unpaired) electrons. The highest BCUT2D eigenvalue weighted by Crippen LogP contribution is 1.82. The lowest BCUT2D eigenvalue weighted by Gasteiger charge is -2.09. The number of ether oxygens (including phenoxy) is 1. The van der Waals surface area contributed by atoms with Gasteiger partial charge in [0.25, 0.3) is 0 Å². The van der Waals surface area contributed by atoms with Gasteiger partial charge < -0.3 is 15.8 Å². The van der Waals surface area contributed by atoms with Crippen molar-refractivity contribution < 1.29 is 9.53 Å². The lowest BCUT2D eigenvalue weighted by molar-refractivity contribution is -0.124. The molecule has 0 aliphatic carbocycles. The van der Waals surface area contributed by atoms with Gasteiger partial charge in [-0.2, -0.15) is 0 Å². The number of methoxy groups -OCH3 is 1. The van der Waals surface area contributed by atoms with Gasteiger partial charge in [-0.15, -0.1) is 0 Å². The second-order valence-corrected chi connectivity index (χ2v) is 2.41. The van der Waals surface area contributed by atoms with Crippen molar-refractivity contribution in [3.05, 3.63) is 0 Å². The van der Waals surface area contributed by atoms with Crippen LogP contribution in [-0.4, -0.2) is 32.2 Å². The number of nitrogens with two attached hydrogens (primary N) is 1. The van der Waals surface area contributed by atoms with Crippen LogP contribution in [0.4, 0.5) is 0 Å². The first-order chi connectivity index (χ1) is 5.20. The molecule has 0 saturated heterocycles. The second kappa shape index (κ2) is 6.12. The predicted octanol–water partition coefficient (Wildman–Crippen LogP) is -0.514. The van der Waals surface area contributed by atoms with Crippen LogP contribution in [0.3, 0.4) is 0 Å². The predicted molar refractivity (Wildman–Crippen MR) is 43.2 cm³/mol. The zero-order valence-corrected chi connectivity index (χ0v) is 7.09. The van der Waals surface area contributed by atoms with Crippen LogP contribution < -0.4 is 11.1 Å². The highest BCUT2D eigenvalue weighted by atomic mass is 16.5. The van der Waals surface area contributed by atoms with Gasteiger partial charge in [0.2, 0.25) is 5.91 Å². The lowest BCUT2D eigenvalue weighted by Crippen LogP contribution is -2.38. The third-order valence-corrected chi connectivity index (χ3v) is 1.36. The molecule has 0 aromatic rings. The number of nitrogens with one attached hydrogen (secondary N) is 1. The van der Waals surface area contributed by atoms with E-state index >= 15 is 0 Å². The van der Waals surface area contributed by atoms with Crippen LogP contribution in [0.15, 0.2) is 0 Å². The fraction of sp³-hybridized carbons (Fsp3) is 0.857. The number of rotatable bonds is 5. The average Bonchev–Trinajstić information content (AvgIpc) is 2.01. The fourth-order valence-corrected chi connectivity index (χ4v) is 0.571. The van der Waals surface area contributed by atoms with Crippen LogP contribution in [-0.2, 0) is 9.53 Å². The summed E-state index contributed by atoms with van der Waals surface area (Å²) >= 11 is 0. The standard InChI is InChI=1S/C7H16N2O2/c1-3-6(8)4-9-7(10)5-11-2/h6H,3-5,8H2,1-2H3,(H,9,10). The Hall–Kier alpha value is -0.610. The van der Waals surface area contributed by atoms with Crippen molar-refractivity contribution in [3.8, 4) is 0 Å². The molecule has 0 aliphatic heterocycles. The summed E-state index contributed by atoms with van der Waals surface area (Å²) in [6.45, 7) is 2.61. The molecular weight excluding hydrogens is 144 g/mol. The number of amides is 1. The van der Waals surface area contributed by atoms with E-state index in [1.807, 2.05) is 6.92 Å². The van der Waals surface area contributed by atoms with E-state index in [0.717, 1.165) is 6.42 Å². The molecule has 0 aromatic heterocycles. The van der Waals surface area contributed by atoms with Gasteiger partial charge in [-0.3, -0.25) is 4.79 Å². The van der Waals surface area contributed by atoms with Crippen LogP contribution >= 0.6 is 0 Å². The van der Waals surface area contributed by atoms with Crippen LogP contribution in [0, 0.1) is 0 Å². The minimum atomic E-state index is -0.114. The normalized spacial score (nSPS) is 12.6. The number of carbonyl (C=O) groups is 1. The summed E-state index contributed by atoms with van der Waals surface area (Å²) in [5.74, 6) is -0.114. The quantitative estimate of drug-likeness (QED) is 0.569. The third kappa shape index (κ3) is 5.82. The first-order valence-corrected chi connectivity index (χ1v) is 3.72. The van der Waals surface area contributed by atoms with Crippen LogP contribution in [0.2, 0.25) is 0 Å². The molecule has 0 aliphatic rings. The molecule has 11 heavy (non-hydrogen) atoms. The Labute approximate surface area is 67.1 Å². The molecule has 3 N–H and O–H groups in total. The molecule has 0 aromatic carbocycles. The van der Waals surface area contributed by atoms with Gasteiger partial charge in [0.15, 0.2) is 0 Å². The highest BCUT2D eigenvalue weighted by Gasteiger charge is 2.02. The minimum Gasteiger partial charge on any atom is -0.375 e. The zero-order chi connectivity index (χ0) is 8.69. The van der Waals surface area contributed by atoms with Crippen molar-refractivity contribution in [1.82, 2.24) is 5.32 Å². The molecule has 1 atom stereocenters. The highest BCUT2D eigenvalue weighted by molar-refractivity contribution is 5.77. The molecule has 66 valence electrons. The molecule has 4 nitrogen and oxygen atoms in total. The summed E-state index contributed by atoms with van der Waals surface area (Å²) in [4.78, 5) is 10.8. The minimum absolute atomic E-state index is 0.0517. The molecule has 0 heterocycles. The Morgan fingerprint density at radius 2 is 2.36 bits per heavy atom. The van der Waals surface area contributed by atoms with Crippen molar-refractivity contribution in [3.63, 3.8) is 0 Å². The number of carbonyl (C=O) groups excluding carboxylic acids is 1. The Morgan fingerprint density at radius 1 is 1.73 bits per heavy atom. The molecule has 0 spiro atoms. The number of hydrogen-bond acceptors (Lipinski definition) is 3. The fourth-order valence-electron chi connectivity index (χ4n) is 0.571. The Bertz CT molecular complexity index is 117. The molecule has 1 unspecified atom stereocenters. The van der Waals surface area contributed by atoms with Crippen molar-refractivity contribution in [2.24, 2.45) is 5.73 Å². The molecule has 0 rings (SSSR count). The van der Waals surface area contributed by atoms with E-state index in [0.29, 0.717) is 6.54 Å². The van der Waals surface area contributed by atoms with E-state index in [2.05, 4.69) is 10.1 Å². The van der Waals surface area contributed by atoms with E-state index in [1.54, 1.807) is 0 Å². The van der Waals surface area contributed by atoms with Gasteiger partial charge >= 0.3 is 0 Å². The van der Waals surface area contributed by atoms with E-state index < -0.39 is 0 Å². The van der Waals surface area contributed by atoms with Crippen LogP contribution in [0.25, 0.3) is 0 Å². The smallest absolute Gasteiger partial charge is 0.246 e. The van der Waals surface area contributed by atoms with Crippen molar-refractivity contribution in [1.29, 1.82) is 0 Å². The van der Waals surface area contributed by atoms with Crippen molar-refractivity contribution >= 4 is 5.91 Å². The Balaban J connectivity index is 3.30. The van der Waals surface area contributed by atoms with Crippen LogP contribution in [0.5, 0.6) is 0 Å². The first kappa shape index (κ1) is 10.4. The molecule has 0 fully saturated rings. The van der Waals surface area contributed by atoms with Gasteiger partial charge in [0.1, 0.15) is 6.61 Å². The molecule has 0 bridgehead atoms. The van der Waals surface area contributed by atoms with Gasteiger partial charge in [-0.05, 0) is 6.42 Å². The molecule has 1 amide bonds. The summed E-state index contributed by atoms with van der Waals surface area (Å²) in [7, 11) is 1.49. The second-order valence-electron chi connectivity index (χ2n) is 2.41. The SMILES string of the molecule is CCC(N)CNC(=O)COC. The summed E-state index contributed by atoms with van der Waals surface area (Å²) in [5.41, 5.74) is 5.56. The monoisotopic (exact) mass is 160 g/mol. The number of hydrogen-bond donors (Lipinski definition) is 2. The maximum Gasteiger partial charge on any atom is 0.246 e. The third-order valence-electron chi connectivity index (χ3n) is 1.36. The van der Waals surface area contributed by atoms with E-state index in [1.165, 1.54) is 7.11 Å². The van der Waals surface area contributed by atoms with Gasteiger partial charge in [0.05, 0.1) is 0 Å². The Kier molecular flexibility index (Phi) is 5.78. The maximum atomic E-state index is 10.8. The first-order valence-electron chi connectivity index (χ1n) is 3.72. The van der Waals surface area contributed by atoms with Crippen LogP contribution in [0.1, 0.15) is 13.3 Å². The van der Waals surface area contributed by atoms with Crippen molar-refractivity contribution in [2.45, 2.75) is 19.4 Å². The summed E-state index contributed by atoms with van der Waals surface area (Å²) in [5, 5.41) is 2.65. The molecule has 0 saturated carbocycles. The summed E-state index contributed by atoms with van der Waals surface area (Å²) in [6.07, 6.45) is 0.868. The van der Waals surface area contributed by atoms with E-state index in [4.69, 9.17) is 5.73 Å². The van der Waals surface area contributed by atoms with Crippen molar-refractivity contribution in [2.75, 3.05) is 20.3 Å². The summed E-state index contributed by atoms with van der Waals surface area (Å²) in [6, 6.07) is 0.0517. The van der Waals surface area contributed by atoms with E-state index in [-0.39, 0.29) is 18.6 Å². The maximum absolute atomic E-state index is 10.8. The Morgan fingerprint density at radius 3 is 2.82 bits per heavy atom. The largest absolute Gasteiger partial charge is 0.375 e. The van der Waals surface area contributed by atoms with E-state index in [9.17, 15) is 4.79 Å². The molecule has 4 heteroatoms. The lowest BCUT2D eigenvalue weighted by atomic mass is 10.2. The zero-order valence-electron chi connectivity index (χ0n) is 7.09. The average molecular weight is 160 g/mol. The van der Waals surface area contributed by atoms with Gasteiger partial charge in [0, 0.05) is 19.7 Å². The molecular formula is C7H16N2O2.